The van der Waals surface area contributed by atoms with Crippen LogP contribution in [0.5, 0.6) is 0 Å². The van der Waals surface area contributed by atoms with Gasteiger partial charge < -0.3 is 10.5 Å². The highest BCUT2D eigenvalue weighted by Crippen LogP contribution is 2.07. The summed E-state index contributed by atoms with van der Waals surface area (Å²) >= 11 is 0. The first kappa shape index (κ1) is 13.8. The average molecular weight is 171 g/mol. The zero-order chi connectivity index (χ0) is 9.98. The fraction of sp³-hybridized carbons (Fsp3) is 0.600. The molecule has 0 fully saturated rings. The van der Waals surface area contributed by atoms with Crippen LogP contribution < -0.4 is 5.73 Å². The smallest absolute Gasteiger partial charge is 0.0961 e. The van der Waals surface area contributed by atoms with Crippen molar-refractivity contribution in [1.82, 2.24) is 0 Å². The van der Waals surface area contributed by atoms with E-state index in [1.807, 2.05) is 20.8 Å². The standard InChI is InChI=1S/C8H14O.C2H7N/c1-5-7(3)9-8(4)6-2;1-2-3/h3-6H2,1-2H3;2-3H2,1H3. The Morgan fingerprint density at radius 2 is 1.33 bits per heavy atom. The van der Waals surface area contributed by atoms with Gasteiger partial charge in [0.15, 0.2) is 0 Å². The predicted octanol–water partition coefficient (Wildman–Crippen LogP) is 2.82. The first-order valence-corrected chi connectivity index (χ1v) is 4.35. The summed E-state index contributed by atoms with van der Waals surface area (Å²) in [5.74, 6) is 1.59. The highest BCUT2D eigenvalue weighted by Gasteiger charge is 1.91. The van der Waals surface area contributed by atoms with Crippen molar-refractivity contribution in [3.8, 4) is 0 Å². The highest BCUT2D eigenvalue weighted by atomic mass is 16.5. The van der Waals surface area contributed by atoms with Gasteiger partial charge in [0.05, 0.1) is 11.5 Å². The molecule has 0 saturated heterocycles. The average Bonchev–Trinajstić information content (AvgIpc) is 2.05. The molecule has 2 heteroatoms. The molecule has 0 aromatic carbocycles. The molecule has 0 aliphatic heterocycles. The molecule has 0 heterocycles. The Labute approximate surface area is 76.1 Å². The number of ether oxygens (including phenoxy) is 1. The maximum absolute atomic E-state index is 5.16. The molecule has 0 bridgehead atoms. The first-order chi connectivity index (χ1) is 5.62. The summed E-state index contributed by atoms with van der Waals surface area (Å²) in [6.45, 7) is 14.0. The normalized spacial score (nSPS) is 8.00. The lowest BCUT2D eigenvalue weighted by atomic mass is 10.4. The van der Waals surface area contributed by atoms with E-state index in [1.165, 1.54) is 0 Å². The second kappa shape index (κ2) is 10.2. The molecule has 0 aromatic heterocycles. The van der Waals surface area contributed by atoms with Crippen LogP contribution in [0.15, 0.2) is 24.7 Å². The fourth-order valence-electron chi connectivity index (χ4n) is 0.348. The fourth-order valence-corrected chi connectivity index (χ4v) is 0.348. The van der Waals surface area contributed by atoms with Crippen LogP contribution >= 0.6 is 0 Å². The van der Waals surface area contributed by atoms with E-state index in [4.69, 9.17) is 10.5 Å². The zero-order valence-electron chi connectivity index (χ0n) is 8.52. The van der Waals surface area contributed by atoms with Crippen molar-refractivity contribution in [3.63, 3.8) is 0 Å². The molecule has 12 heavy (non-hydrogen) atoms. The van der Waals surface area contributed by atoms with Crippen LogP contribution in [0.4, 0.5) is 0 Å². The van der Waals surface area contributed by atoms with E-state index in [0.717, 1.165) is 30.9 Å². The third-order valence-corrected chi connectivity index (χ3v) is 1.08. The van der Waals surface area contributed by atoms with Crippen molar-refractivity contribution in [2.75, 3.05) is 6.54 Å². The number of hydrogen-bond donors (Lipinski definition) is 1. The molecule has 0 radical (unpaired) electrons. The third kappa shape index (κ3) is 12.0. The third-order valence-electron chi connectivity index (χ3n) is 1.08. The summed E-state index contributed by atoms with van der Waals surface area (Å²) in [7, 11) is 0. The van der Waals surface area contributed by atoms with Gasteiger partial charge in [-0.25, -0.2) is 0 Å². The van der Waals surface area contributed by atoms with E-state index in [2.05, 4.69) is 13.2 Å². The number of nitrogens with two attached hydrogens (primary N) is 1. The Balaban J connectivity index is 0. The summed E-state index contributed by atoms with van der Waals surface area (Å²) in [6, 6.07) is 0. The molecule has 0 spiro atoms. The van der Waals surface area contributed by atoms with Crippen molar-refractivity contribution >= 4 is 0 Å². The summed E-state index contributed by atoms with van der Waals surface area (Å²) in [5.41, 5.74) is 4.85. The second-order valence-electron chi connectivity index (χ2n) is 2.29. The molecule has 0 aliphatic carbocycles. The van der Waals surface area contributed by atoms with Gasteiger partial charge in [-0.15, -0.1) is 0 Å². The summed E-state index contributed by atoms with van der Waals surface area (Å²) in [4.78, 5) is 0. The Morgan fingerprint density at radius 3 is 1.50 bits per heavy atom. The monoisotopic (exact) mass is 171 g/mol. The summed E-state index contributed by atoms with van der Waals surface area (Å²) in [5, 5.41) is 0. The van der Waals surface area contributed by atoms with Gasteiger partial charge in [0.2, 0.25) is 0 Å². The van der Waals surface area contributed by atoms with Crippen LogP contribution in [0.25, 0.3) is 0 Å². The van der Waals surface area contributed by atoms with E-state index in [-0.39, 0.29) is 0 Å². The molecule has 0 amide bonds. The molecule has 0 aliphatic rings. The quantitative estimate of drug-likeness (QED) is 0.660. The SMILES string of the molecule is C=C(CC)OC(=C)CC.CCN. The molecule has 2 N–H and O–H groups in total. The predicted molar refractivity (Wildman–Crippen MR) is 54.7 cm³/mol. The van der Waals surface area contributed by atoms with Crippen LogP contribution in [-0.2, 0) is 4.74 Å². The second-order valence-corrected chi connectivity index (χ2v) is 2.29. The van der Waals surface area contributed by atoms with Gasteiger partial charge in [-0.05, 0) is 6.54 Å². The van der Waals surface area contributed by atoms with E-state index < -0.39 is 0 Å². The maximum atomic E-state index is 5.16. The van der Waals surface area contributed by atoms with Gasteiger partial charge in [0.25, 0.3) is 0 Å². The van der Waals surface area contributed by atoms with Gasteiger partial charge in [-0.1, -0.05) is 33.9 Å². The summed E-state index contributed by atoms with van der Waals surface area (Å²) < 4.78 is 5.16. The molecular weight excluding hydrogens is 150 g/mol. The number of hydrogen-bond acceptors (Lipinski definition) is 2. The van der Waals surface area contributed by atoms with Crippen molar-refractivity contribution in [3.05, 3.63) is 24.7 Å². The Bertz CT molecular complexity index is 116. The van der Waals surface area contributed by atoms with E-state index in [0.29, 0.717) is 0 Å². The molecule has 2 nitrogen and oxygen atoms in total. The number of allylic oxidation sites excluding steroid dienone is 2. The van der Waals surface area contributed by atoms with Crippen LogP contribution in [0, 0.1) is 0 Å². The lowest BCUT2D eigenvalue weighted by Crippen LogP contribution is -1.87. The van der Waals surface area contributed by atoms with E-state index in [1.54, 1.807) is 0 Å². The zero-order valence-corrected chi connectivity index (χ0v) is 8.52. The Morgan fingerprint density at radius 1 is 1.08 bits per heavy atom. The van der Waals surface area contributed by atoms with Gasteiger partial charge >= 0.3 is 0 Å². The molecule has 72 valence electrons. The van der Waals surface area contributed by atoms with Gasteiger partial charge in [-0.3, -0.25) is 0 Å². The largest absolute Gasteiger partial charge is 0.467 e. The Hall–Kier alpha value is -0.760. The topological polar surface area (TPSA) is 35.2 Å². The molecule has 0 aromatic rings. The highest BCUT2D eigenvalue weighted by molar-refractivity contribution is 4.91. The minimum Gasteiger partial charge on any atom is -0.467 e. The molecule has 0 unspecified atom stereocenters. The molecular formula is C10H21NO. The molecule has 0 rings (SSSR count). The number of rotatable bonds is 4. The first-order valence-electron chi connectivity index (χ1n) is 4.35. The van der Waals surface area contributed by atoms with Gasteiger partial charge in [0, 0.05) is 12.8 Å². The van der Waals surface area contributed by atoms with Crippen molar-refractivity contribution in [2.45, 2.75) is 33.6 Å². The van der Waals surface area contributed by atoms with Crippen molar-refractivity contribution in [2.24, 2.45) is 5.73 Å². The van der Waals surface area contributed by atoms with Gasteiger partial charge in [0.1, 0.15) is 0 Å². The van der Waals surface area contributed by atoms with E-state index in [9.17, 15) is 0 Å². The lowest BCUT2D eigenvalue weighted by Gasteiger charge is -2.05. The minimum atomic E-state index is 0.750. The minimum absolute atomic E-state index is 0.750. The lowest BCUT2D eigenvalue weighted by molar-refractivity contribution is 0.287. The van der Waals surface area contributed by atoms with E-state index >= 15 is 0 Å². The summed E-state index contributed by atoms with van der Waals surface area (Å²) in [6.07, 6.45) is 1.72. The molecule has 0 saturated carbocycles. The van der Waals surface area contributed by atoms with Crippen LogP contribution in [0.3, 0.4) is 0 Å². The van der Waals surface area contributed by atoms with Gasteiger partial charge in [-0.2, -0.15) is 0 Å². The van der Waals surface area contributed by atoms with Crippen LogP contribution in [0.1, 0.15) is 33.6 Å². The van der Waals surface area contributed by atoms with Crippen molar-refractivity contribution < 1.29 is 4.74 Å². The van der Waals surface area contributed by atoms with Crippen molar-refractivity contribution in [1.29, 1.82) is 0 Å². The van der Waals surface area contributed by atoms with Crippen LogP contribution in [0.2, 0.25) is 0 Å². The van der Waals surface area contributed by atoms with Crippen LogP contribution in [-0.4, -0.2) is 6.54 Å². The molecule has 0 atom stereocenters. The Kier molecular flexibility index (Phi) is 11.8. The maximum Gasteiger partial charge on any atom is 0.0961 e.